The van der Waals surface area contributed by atoms with Gasteiger partial charge in [0.25, 0.3) is 0 Å². The zero-order valence-electron chi connectivity index (χ0n) is 15.2. The Balaban J connectivity index is 1.81. The van der Waals surface area contributed by atoms with Gasteiger partial charge in [-0.3, -0.25) is 4.90 Å². The van der Waals surface area contributed by atoms with Crippen LogP contribution in [0.25, 0.3) is 0 Å². The van der Waals surface area contributed by atoms with Crippen LogP contribution in [0.2, 0.25) is 0 Å². The maximum atomic E-state index is 5.44. The van der Waals surface area contributed by atoms with Crippen molar-refractivity contribution >= 4 is 5.95 Å². The van der Waals surface area contributed by atoms with E-state index in [1.165, 1.54) is 18.4 Å². The Morgan fingerprint density at radius 1 is 1.16 bits per heavy atom. The minimum Gasteiger partial charge on any atom is -0.493 e. The van der Waals surface area contributed by atoms with E-state index in [-0.39, 0.29) is 0 Å². The molecule has 1 aromatic carbocycles. The van der Waals surface area contributed by atoms with Crippen LogP contribution >= 0.6 is 0 Å². The fourth-order valence-electron chi connectivity index (χ4n) is 3.41. The number of anilines is 1. The lowest BCUT2D eigenvalue weighted by Crippen LogP contribution is -2.33. The van der Waals surface area contributed by atoms with Crippen LogP contribution in [-0.4, -0.2) is 42.7 Å². The summed E-state index contributed by atoms with van der Waals surface area (Å²) < 4.78 is 10.8. The smallest absolute Gasteiger partial charge is 0.222 e. The molecule has 1 aliphatic heterocycles. The van der Waals surface area contributed by atoms with Crippen molar-refractivity contribution in [1.82, 2.24) is 14.9 Å². The first-order chi connectivity index (χ1) is 12.2. The molecule has 25 heavy (non-hydrogen) atoms. The second-order valence-corrected chi connectivity index (χ2v) is 6.23. The van der Waals surface area contributed by atoms with E-state index in [2.05, 4.69) is 32.3 Å². The predicted molar refractivity (Wildman–Crippen MR) is 98.1 cm³/mol. The summed E-state index contributed by atoms with van der Waals surface area (Å²) in [5, 5.41) is 3.03. The van der Waals surface area contributed by atoms with Crippen LogP contribution in [0.5, 0.6) is 11.5 Å². The van der Waals surface area contributed by atoms with Crippen LogP contribution < -0.4 is 14.8 Å². The molecule has 6 nitrogen and oxygen atoms in total. The number of aromatic nitrogens is 2. The minimum atomic E-state index is 0.317. The van der Waals surface area contributed by atoms with Gasteiger partial charge < -0.3 is 14.8 Å². The van der Waals surface area contributed by atoms with Crippen LogP contribution in [0.3, 0.4) is 0 Å². The molecule has 0 amide bonds. The third-order valence-corrected chi connectivity index (χ3v) is 4.69. The SMILES string of the molecule is CNc1nccc([C@H]2CCCCN2Cc2ccc(OC)c(OC)c2)n1. The van der Waals surface area contributed by atoms with Gasteiger partial charge in [0.05, 0.1) is 26.0 Å². The number of likely N-dealkylation sites (tertiary alicyclic amines) is 1. The van der Waals surface area contributed by atoms with Gasteiger partial charge in [-0.15, -0.1) is 0 Å². The van der Waals surface area contributed by atoms with Crippen LogP contribution in [0, 0.1) is 0 Å². The molecule has 3 rings (SSSR count). The summed E-state index contributed by atoms with van der Waals surface area (Å²) in [6.45, 7) is 1.93. The fourth-order valence-corrected chi connectivity index (χ4v) is 3.41. The zero-order valence-corrected chi connectivity index (χ0v) is 15.2. The van der Waals surface area contributed by atoms with Gasteiger partial charge in [0.2, 0.25) is 5.95 Å². The average Bonchev–Trinajstić information content (AvgIpc) is 2.68. The molecule has 0 bridgehead atoms. The Bertz CT molecular complexity index is 708. The topological polar surface area (TPSA) is 59.5 Å². The van der Waals surface area contributed by atoms with E-state index in [0.29, 0.717) is 12.0 Å². The lowest BCUT2D eigenvalue weighted by Gasteiger charge is -2.35. The Morgan fingerprint density at radius 2 is 2.00 bits per heavy atom. The summed E-state index contributed by atoms with van der Waals surface area (Å²) in [5.41, 5.74) is 2.30. The highest BCUT2D eigenvalue weighted by atomic mass is 16.5. The van der Waals surface area contributed by atoms with Gasteiger partial charge in [-0.2, -0.15) is 0 Å². The van der Waals surface area contributed by atoms with E-state index in [1.807, 2.05) is 25.4 Å². The van der Waals surface area contributed by atoms with E-state index in [0.717, 1.165) is 36.7 Å². The Morgan fingerprint density at radius 3 is 2.76 bits per heavy atom. The number of hydrogen-bond donors (Lipinski definition) is 1. The monoisotopic (exact) mass is 342 g/mol. The van der Waals surface area contributed by atoms with Gasteiger partial charge in [0, 0.05) is 19.8 Å². The van der Waals surface area contributed by atoms with E-state index in [1.54, 1.807) is 14.2 Å². The number of piperidine rings is 1. The van der Waals surface area contributed by atoms with Crippen molar-refractivity contribution in [3.05, 3.63) is 41.7 Å². The van der Waals surface area contributed by atoms with Crippen molar-refractivity contribution < 1.29 is 9.47 Å². The molecule has 134 valence electrons. The quantitative estimate of drug-likeness (QED) is 0.869. The van der Waals surface area contributed by atoms with Gasteiger partial charge in [-0.25, -0.2) is 9.97 Å². The third kappa shape index (κ3) is 4.02. The van der Waals surface area contributed by atoms with Crippen LogP contribution in [0.4, 0.5) is 5.95 Å². The average molecular weight is 342 g/mol. The summed E-state index contributed by atoms with van der Waals surface area (Å²) in [7, 11) is 5.18. The van der Waals surface area contributed by atoms with Gasteiger partial charge >= 0.3 is 0 Å². The standard InChI is InChI=1S/C19H26N4O2/c1-20-19-21-10-9-15(22-19)16-6-4-5-11-23(16)13-14-7-8-17(24-2)18(12-14)25-3/h7-10,12,16H,4-6,11,13H2,1-3H3,(H,20,21,22)/t16-/m1/s1. The van der Waals surface area contributed by atoms with E-state index >= 15 is 0 Å². The molecule has 0 unspecified atom stereocenters. The largest absolute Gasteiger partial charge is 0.493 e. The molecule has 1 atom stereocenters. The number of benzene rings is 1. The molecule has 0 radical (unpaired) electrons. The molecule has 1 fully saturated rings. The highest BCUT2D eigenvalue weighted by molar-refractivity contribution is 5.43. The first kappa shape index (κ1) is 17.5. The summed E-state index contributed by atoms with van der Waals surface area (Å²) >= 11 is 0. The van der Waals surface area contributed by atoms with Gasteiger partial charge in [-0.1, -0.05) is 12.5 Å². The summed E-state index contributed by atoms with van der Waals surface area (Å²) in [6, 6.07) is 8.47. The van der Waals surface area contributed by atoms with Crippen molar-refractivity contribution in [3.63, 3.8) is 0 Å². The molecule has 1 aliphatic rings. The lowest BCUT2D eigenvalue weighted by atomic mass is 9.98. The fraction of sp³-hybridized carbons (Fsp3) is 0.474. The number of ether oxygens (including phenoxy) is 2. The van der Waals surface area contributed by atoms with Gasteiger partial charge in [0.15, 0.2) is 11.5 Å². The molecule has 6 heteroatoms. The van der Waals surface area contributed by atoms with Crippen molar-refractivity contribution in [3.8, 4) is 11.5 Å². The lowest BCUT2D eigenvalue weighted by molar-refractivity contribution is 0.137. The number of hydrogen-bond acceptors (Lipinski definition) is 6. The zero-order chi connectivity index (χ0) is 17.6. The second-order valence-electron chi connectivity index (χ2n) is 6.23. The molecule has 1 saturated heterocycles. The number of nitrogens with zero attached hydrogens (tertiary/aromatic N) is 3. The highest BCUT2D eigenvalue weighted by Crippen LogP contribution is 2.33. The Hall–Kier alpha value is -2.34. The second kappa shape index (κ2) is 8.16. The molecular formula is C19H26N4O2. The molecule has 2 heterocycles. The molecule has 1 aromatic heterocycles. The number of methoxy groups -OCH3 is 2. The van der Waals surface area contributed by atoms with Gasteiger partial charge in [-0.05, 0) is 43.1 Å². The summed E-state index contributed by atoms with van der Waals surface area (Å²) in [4.78, 5) is 11.4. The number of rotatable bonds is 6. The van der Waals surface area contributed by atoms with E-state index in [4.69, 9.17) is 9.47 Å². The van der Waals surface area contributed by atoms with Crippen molar-refractivity contribution in [2.24, 2.45) is 0 Å². The minimum absolute atomic E-state index is 0.317. The molecule has 1 N–H and O–H groups in total. The molecule has 0 aliphatic carbocycles. The first-order valence-corrected chi connectivity index (χ1v) is 8.70. The van der Waals surface area contributed by atoms with Crippen LogP contribution in [0.1, 0.15) is 36.6 Å². The van der Waals surface area contributed by atoms with Crippen molar-refractivity contribution in [1.29, 1.82) is 0 Å². The predicted octanol–water partition coefficient (Wildman–Crippen LogP) is 3.26. The molecule has 0 saturated carbocycles. The third-order valence-electron chi connectivity index (χ3n) is 4.69. The highest BCUT2D eigenvalue weighted by Gasteiger charge is 2.25. The summed E-state index contributed by atoms with van der Waals surface area (Å²) in [5.74, 6) is 2.21. The maximum Gasteiger partial charge on any atom is 0.222 e. The van der Waals surface area contributed by atoms with E-state index in [9.17, 15) is 0 Å². The normalized spacial score (nSPS) is 18.0. The number of nitrogens with one attached hydrogen (secondary N) is 1. The van der Waals surface area contributed by atoms with Gasteiger partial charge in [0.1, 0.15) is 0 Å². The van der Waals surface area contributed by atoms with Crippen LogP contribution in [0.15, 0.2) is 30.5 Å². The summed E-state index contributed by atoms with van der Waals surface area (Å²) in [6.07, 6.45) is 5.39. The Labute approximate surface area is 149 Å². The van der Waals surface area contributed by atoms with Crippen LogP contribution in [-0.2, 0) is 6.54 Å². The van der Waals surface area contributed by atoms with E-state index < -0.39 is 0 Å². The molecule has 2 aromatic rings. The first-order valence-electron chi connectivity index (χ1n) is 8.70. The molecule has 0 spiro atoms. The maximum absolute atomic E-state index is 5.44. The van der Waals surface area contributed by atoms with Crippen molar-refractivity contribution in [2.75, 3.05) is 33.1 Å². The molecular weight excluding hydrogens is 316 g/mol. The van der Waals surface area contributed by atoms with Crippen molar-refractivity contribution in [2.45, 2.75) is 31.8 Å². The Kier molecular flexibility index (Phi) is 5.71.